The molecule has 7 heteroatoms. The van der Waals surface area contributed by atoms with Crippen LogP contribution in [-0.2, 0) is 17.8 Å². The highest BCUT2D eigenvalue weighted by Gasteiger charge is 2.20. The van der Waals surface area contributed by atoms with Gasteiger partial charge in [-0.25, -0.2) is 4.99 Å². The summed E-state index contributed by atoms with van der Waals surface area (Å²) in [6.07, 6.45) is 1.75. The first kappa shape index (κ1) is 23.3. The number of halogens is 1. The average Bonchev–Trinajstić information content (AvgIpc) is 3.14. The first-order valence-electron chi connectivity index (χ1n) is 11.7. The van der Waals surface area contributed by atoms with Crippen LogP contribution in [0.4, 0.5) is 5.69 Å². The number of aromatic amines is 1. The summed E-state index contributed by atoms with van der Waals surface area (Å²) in [5.41, 5.74) is 5.80. The van der Waals surface area contributed by atoms with Gasteiger partial charge in [-0.1, -0.05) is 52.3 Å². The minimum Gasteiger partial charge on any atom is -0.494 e. The minimum absolute atomic E-state index is 0.0437. The number of H-pyrrole nitrogens is 1. The second-order valence-electron chi connectivity index (χ2n) is 8.89. The van der Waals surface area contributed by atoms with E-state index in [1.165, 1.54) is 12.0 Å². The van der Waals surface area contributed by atoms with E-state index in [2.05, 4.69) is 37.9 Å². The Kier molecular flexibility index (Phi) is 6.70. The smallest absolute Gasteiger partial charge is 0.303 e. The lowest BCUT2D eigenvalue weighted by Crippen LogP contribution is -2.36. The summed E-state index contributed by atoms with van der Waals surface area (Å²) in [7, 11) is 0. The predicted octanol–water partition coefficient (Wildman–Crippen LogP) is 6.03. The van der Waals surface area contributed by atoms with Gasteiger partial charge in [-0.2, -0.15) is 0 Å². The lowest BCUT2D eigenvalue weighted by Gasteiger charge is -2.30. The van der Waals surface area contributed by atoms with Gasteiger partial charge in [0.2, 0.25) is 0 Å². The number of carboxylic acids is 1. The summed E-state index contributed by atoms with van der Waals surface area (Å²) in [4.78, 5) is 21.6. The van der Waals surface area contributed by atoms with Gasteiger partial charge in [-0.05, 0) is 67.4 Å². The molecule has 0 radical (unpaired) electrons. The van der Waals surface area contributed by atoms with Gasteiger partial charge < -0.3 is 15.2 Å². The van der Waals surface area contributed by atoms with Crippen LogP contribution in [0.2, 0.25) is 0 Å². The van der Waals surface area contributed by atoms with Crippen LogP contribution < -0.4 is 0 Å². The molecule has 0 spiro atoms. The zero-order valence-corrected chi connectivity index (χ0v) is 20.8. The molecule has 178 valence electrons. The largest absolute Gasteiger partial charge is 0.494 e. The summed E-state index contributed by atoms with van der Waals surface area (Å²) in [6, 6.07) is 21.7. The number of benzene rings is 3. The number of aryl methyl sites for hydroxylation is 1. The number of aliphatic imine (C=N–C) groups is 1. The van der Waals surface area contributed by atoms with Crippen molar-refractivity contribution in [3.63, 3.8) is 0 Å². The standard InChI is InChI=1S/C28H26BrN3O3/c29-21-8-11-23-24(16-21)31-28(35)26(23)27(20-4-1-3-18(15-20)7-12-25(33)34)30-22-9-5-19(6-10-22)17-32-13-2-14-32/h1,3-6,8-11,15-16,31,35H,2,7,12-14,17H2,(H,33,34). The van der Waals surface area contributed by atoms with Gasteiger partial charge in [0.25, 0.3) is 0 Å². The Morgan fingerprint density at radius 2 is 1.83 bits per heavy atom. The van der Waals surface area contributed by atoms with Crippen molar-refractivity contribution in [2.45, 2.75) is 25.8 Å². The summed E-state index contributed by atoms with van der Waals surface area (Å²) < 4.78 is 0.907. The van der Waals surface area contributed by atoms with Gasteiger partial charge in [-0.3, -0.25) is 9.69 Å². The number of rotatable bonds is 8. The molecule has 0 amide bonds. The van der Waals surface area contributed by atoms with Crippen LogP contribution in [-0.4, -0.2) is 44.9 Å². The minimum atomic E-state index is -0.831. The first-order valence-corrected chi connectivity index (χ1v) is 12.5. The number of nitrogens with zero attached hydrogens (tertiary/aromatic N) is 2. The molecule has 1 aliphatic heterocycles. The molecule has 0 saturated carbocycles. The summed E-state index contributed by atoms with van der Waals surface area (Å²) in [6.45, 7) is 3.25. The molecule has 5 rings (SSSR count). The van der Waals surface area contributed by atoms with Crippen molar-refractivity contribution < 1.29 is 15.0 Å². The summed E-state index contributed by atoms with van der Waals surface area (Å²) in [5, 5.41) is 20.9. The predicted molar refractivity (Wildman–Crippen MR) is 142 cm³/mol. The number of aromatic hydroxyl groups is 1. The molecule has 0 unspecified atom stereocenters. The fourth-order valence-electron chi connectivity index (χ4n) is 4.39. The molecular weight excluding hydrogens is 506 g/mol. The fraction of sp³-hybridized carbons (Fsp3) is 0.214. The highest BCUT2D eigenvalue weighted by molar-refractivity contribution is 9.10. The third kappa shape index (κ3) is 5.31. The van der Waals surface area contributed by atoms with Gasteiger partial charge in [0.1, 0.15) is 0 Å². The Morgan fingerprint density at radius 3 is 2.54 bits per heavy atom. The van der Waals surface area contributed by atoms with Gasteiger partial charge in [0.05, 0.1) is 22.5 Å². The molecule has 1 aromatic heterocycles. The van der Waals surface area contributed by atoms with E-state index >= 15 is 0 Å². The van der Waals surface area contributed by atoms with E-state index in [1.807, 2.05) is 54.6 Å². The normalized spacial score (nSPS) is 14.3. The number of carboxylic acid groups (broad SMARTS) is 1. The maximum absolute atomic E-state index is 11.1. The molecule has 0 aliphatic carbocycles. The number of carbonyl (C=O) groups is 1. The zero-order chi connectivity index (χ0) is 24.4. The Balaban J connectivity index is 1.58. The molecule has 0 bridgehead atoms. The zero-order valence-electron chi connectivity index (χ0n) is 19.2. The Hall–Kier alpha value is -3.42. The van der Waals surface area contributed by atoms with Crippen molar-refractivity contribution in [3.8, 4) is 5.88 Å². The first-order chi connectivity index (χ1) is 17.0. The Labute approximate surface area is 212 Å². The molecule has 0 atom stereocenters. The van der Waals surface area contributed by atoms with Crippen molar-refractivity contribution >= 4 is 44.2 Å². The molecular formula is C28H26BrN3O3. The van der Waals surface area contributed by atoms with E-state index in [0.29, 0.717) is 17.7 Å². The second kappa shape index (κ2) is 10.1. The topological polar surface area (TPSA) is 88.9 Å². The van der Waals surface area contributed by atoms with Crippen LogP contribution in [0.15, 0.2) is 76.2 Å². The monoisotopic (exact) mass is 531 g/mol. The number of aliphatic carboxylic acids is 1. The van der Waals surface area contributed by atoms with Crippen molar-refractivity contribution in [3.05, 3.63) is 93.5 Å². The number of hydrogen-bond acceptors (Lipinski definition) is 4. The van der Waals surface area contributed by atoms with Crippen molar-refractivity contribution in [1.82, 2.24) is 9.88 Å². The van der Waals surface area contributed by atoms with E-state index < -0.39 is 5.97 Å². The number of hydrogen-bond donors (Lipinski definition) is 3. The van der Waals surface area contributed by atoms with Crippen LogP contribution in [0, 0.1) is 0 Å². The van der Waals surface area contributed by atoms with Crippen LogP contribution in [0.3, 0.4) is 0 Å². The third-order valence-corrected chi connectivity index (χ3v) is 6.83. The van der Waals surface area contributed by atoms with Gasteiger partial charge in [0.15, 0.2) is 5.88 Å². The average molecular weight is 532 g/mol. The molecule has 1 fully saturated rings. The lowest BCUT2D eigenvalue weighted by atomic mass is 9.97. The molecule has 1 aliphatic rings. The summed E-state index contributed by atoms with van der Waals surface area (Å²) in [5.74, 6) is -0.787. The van der Waals surface area contributed by atoms with Crippen LogP contribution in [0.1, 0.15) is 35.1 Å². The molecule has 1 saturated heterocycles. The van der Waals surface area contributed by atoms with E-state index in [9.17, 15) is 9.90 Å². The molecule has 3 N–H and O–H groups in total. The van der Waals surface area contributed by atoms with Crippen LogP contribution in [0.25, 0.3) is 10.9 Å². The molecule has 35 heavy (non-hydrogen) atoms. The van der Waals surface area contributed by atoms with E-state index in [4.69, 9.17) is 10.1 Å². The quantitative estimate of drug-likeness (QED) is 0.242. The van der Waals surface area contributed by atoms with Crippen LogP contribution >= 0.6 is 15.9 Å². The highest BCUT2D eigenvalue weighted by Crippen LogP contribution is 2.33. The molecule has 6 nitrogen and oxygen atoms in total. The fourth-order valence-corrected chi connectivity index (χ4v) is 4.75. The lowest BCUT2D eigenvalue weighted by molar-refractivity contribution is -0.136. The Bertz CT molecular complexity index is 1400. The van der Waals surface area contributed by atoms with Crippen molar-refractivity contribution in [2.24, 2.45) is 4.99 Å². The van der Waals surface area contributed by atoms with Crippen molar-refractivity contribution in [1.29, 1.82) is 0 Å². The van der Waals surface area contributed by atoms with Gasteiger partial charge >= 0.3 is 5.97 Å². The van der Waals surface area contributed by atoms with E-state index in [0.717, 1.165) is 51.8 Å². The van der Waals surface area contributed by atoms with E-state index in [1.54, 1.807) is 0 Å². The molecule has 3 aromatic carbocycles. The SMILES string of the molecule is O=C(O)CCc1cccc(C(=Nc2ccc(CN3CCC3)cc2)c2c(O)[nH]c3cc(Br)ccc23)c1. The van der Waals surface area contributed by atoms with Crippen LogP contribution in [0.5, 0.6) is 5.88 Å². The maximum Gasteiger partial charge on any atom is 0.303 e. The number of nitrogens with one attached hydrogen (secondary N) is 1. The number of likely N-dealkylation sites (tertiary alicyclic amines) is 1. The van der Waals surface area contributed by atoms with Gasteiger partial charge in [-0.15, -0.1) is 0 Å². The maximum atomic E-state index is 11.1. The number of aromatic nitrogens is 1. The Morgan fingerprint density at radius 1 is 1.03 bits per heavy atom. The van der Waals surface area contributed by atoms with Gasteiger partial charge in [0, 0.05) is 28.4 Å². The number of fused-ring (bicyclic) bond motifs is 1. The highest BCUT2D eigenvalue weighted by atomic mass is 79.9. The summed E-state index contributed by atoms with van der Waals surface area (Å²) >= 11 is 3.49. The third-order valence-electron chi connectivity index (χ3n) is 6.34. The molecule has 2 heterocycles. The molecule has 4 aromatic rings. The second-order valence-corrected chi connectivity index (χ2v) is 9.80. The van der Waals surface area contributed by atoms with Crippen molar-refractivity contribution in [2.75, 3.05) is 13.1 Å². The van der Waals surface area contributed by atoms with E-state index in [-0.39, 0.29) is 12.3 Å².